The van der Waals surface area contributed by atoms with E-state index in [2.05, 4.69) is 6.58 Å². The predicted molar refractivity (Wildman–Crippen MR) is 37.4 cm³/mol. The van der Waals surface area contributed by atoms with E-state index in [9.17, 15) is 0 Å². The largest absolute Gasteiger partial charge is 0.513 e. The van der Waals surface area contributed by atoms with Crippen molar-refractivity contribution in [3.63, 3.8) is 0 Å². The topological polar surface area (TPSA) is 40.5 Å². The molecule has 2 heteroatoms. The van der Waals surface area contributed by atoms with Crippen LogP contribution >= 0.6 is 0 Å². The van der Waals surface area contributed by atoms with Crippen LogP contribution in [-0.2, 0) is 0 Å². The first-order valence-corrected chi connectivity index (χ1v) is 2.87. The molecule has 2 N–H and O–H groups in total. The van der Waals surface area contributed by atoms with Crippen LogP contribution in [0.1, 0.15) is 19.8 Å². The molecule has 0 saturated carbocycles. The Bertz CT molecular complexity index is 125. The molecule has 0 fully saturated rings. The molecule has 0 radical (unpaired) electrons. The molecule has 0 aromatic heterocycles. The molecule has 0 spiro atoms. The summed E-state index contributed by atoms with van der Waals surface area (Å²) in [5.41, 5.74) is 0. The van der Waals surface area contributed by atoms with Crippen molar-refractivity contribution < 1.29 is 10.2 Å². The zero-order valence-corrected chi connectivity index (χ0v) is 5.59. The average molecular weight is 128 g/mol. The fourth-order valence-electron chi connectivity index (χ4n) is 0.417. The van der Waals surface area contributed by atoms with Crippen molar-refractivity contribution in [2.75, 3.05) is 0 Å². The van der Waals surface area contributed by atoms with Gasteiger partial charge in [-0.2, -0.15) is 0 Å². The molecule has 0 unspecified atom stereocenters. The first-order chi connectivity index (χ1) is 4.16. The van der Waals surface area contributed by atoms with E-state index in [1.54, 1.807) is 13.0 Å². The smallest absolute Gasteiger partial charge is 0.0884 e. The summed E-state index contributed by atoms with van der Waals surface area (Å²) in [7, 11) is 0. The number of hydrogen-bond donors (Lipinski definition) is 2. The van der Waals surface area contributed by atoms with Gasteiger partial charge in [0.1, 0.15) is 0 Å². The van der Waals surface area contributed by atoms with Crippen molar-refractivity contribution >= 4 is 0 Å². The molecule has 0 aliphatic rings. The van der Waals surface area contributed by atoms with Crippen molar-refractivity contribution in [3.8, 4) is 0 Å². The minimum absolute atomic E-state index is 0.114. The second kappa shape index (κ2) is 4.01. The quantitative estimate of drug-likeness (QED) is 0.572. The Morgan fingerprint density at radius 3 is 2.33 bits per heavy atom. The van der Waals surface area contributed by atoms with Crippen molar-refractivity contribution in [2.45, 2.75) is 19.8 Å². The molecule has 0 heterocycles. The van der Waals surface area contributed by atoms with Crippen LogP contribution in [0.25, 0.3) is 0 Å². The van der Waals surface area contributed by atoms with E-state index < -0.39 is 0 Å². The third-order valence-corrected chi connectivity index (χ3v) is 1.00. The van der Waals surface area contributed by atoms with Crippen LogP contribution in [0.15, 0.2) is 24.2 Å². The maximum Gasteiger partial charge on any atom is 0.0884 e. The second-order valence-electron chi connectivity index (χ2n) is 1.85. The summed E-state index contributed by atoms with van der Waals surface area (Å²) in [4.78, 5) is 0. The van der Waals surface area contributed by atoms with Crippen molar-refractivity contribution in [1.82, 2.24) is 0 Å². The molecular weight excluding hydrogens is 116 g/mol. The van der Waals surface area contributed by atoms with Gasteiger partial charge in [-0.15, -0.1) is 0 Å². The minimum atomic E-state index is 0.114. The lowest BCUT2D eigenvalue weighted by Gasteiger charge is -1.95. The predicted octanol–water partition coefficient (Wildman–Crippen LogP) is 2.30. The maximum absolute atomic E-state index is 8.82. The van der Waals surface area contributed by atoms with Crippen molar-refractivity contribution in [1.29, 1.82) is 0 Å². The molecule has 0 aromatic carbocycles. The highest BCUT2D eigenvalue weighted by Gasteiger charge is 1.92. The third kappa shape index (κ3) is 4.94. The highest BCUT2D eigenvalue weighted by Crippen LogP contribution is 2.04. The minimum Gasteiger partial charge on any atom is -0.513 e. The standard InChI is InChI=1S/C7H12O2/c1-3-7(9)5-4-6(2)8/h3,8-9H,2,4-5H2,1H3/b7-3+. The molecular formula is C7H12O2. The monoisotopic (exact) mass is 128 g/mol. The number of aliphatic hydroxyl groups is 2. The summed E-state index contributed by atoms with van der Waals surface area (Å²) in [5, 5.41) is 17.4. The normalized spacial score (nSPS) is 11.4. The molecule has 2 nitrogen and oxygen atoms in total. The number of rotatable bonds is 3. The lowest BCUT2D eigenvalue weighted by atomic mass is 10.2. The van der Waals surface area contributed by atoms with Gasteiger partial charge in [0.25, 0.3) is 0 Å². The Labute approximate surface area is 55.1 Å². The van der Waals surface area contributed by atoms with Crippen LogP contribution in [0.2, 0.25) is 0 Å². The summed E-state index contributed by atoms with van der Waals surface area (Å²) in [6.07, 6.45) is 2.52. The van der Waals surface area contributed by atoms with Crippen LogP contribution in [0, 0.1) is 0 Å². The van der Waals surface area contributed by atoms with Gasteiger partial charge in [0.15, 0.2) is 0 Å². The Hall–Kier alpha value is -0.920. The first kappa shape index (κ1) is 8.08. The number of allylic oxidation sites excluding steroid dienone is 3. The van der Waals surface area contributed by atoms with Crippen LogP contribution in [0.5, 0.6) is 0 Å². The zero-order valence-electron chi connectivity index (χ0n) is 5.59. The van der Waals surface area contributed by atoms with Crippen LogP contribution in [-0.4, -0.2) is 10.2 Å². The molecule has 9 heavy (non-hydrogen) atoms. The molecule has 0 aromatic rings. The number of aliphatic hydroxyl groups excluding tert-OH is 2. The highest BCUT2D eigenvalue weighted by atomic mass is 16.3. The lowest BCUT2D eigenvalue weighted by molar-refractivity contribution is 0.352. The molecule has 0 saturated heterocycles. The maximum atomic E-state index is 8.82. The fourth-order valence-corrected chi connectivity index (χ4v) is 0.417. The number of hydrogen-bond acceptors (Lipinski definition) is 2. The zero-order chi connectivity index (χ0) is 7.28. The molecule has 52 valence electrons. The van der Waals surface area contributed by atoms with Gasteiger partial charge in [-0.3, -0.25) is 0 Å². The van der Waals surface area contributed by atoms with E-state index in [1.165, 1.54) is 0 Å². The van der Waals surface area contributed by atoms with Gasteiger partial charge in [0, 0.05) is 12.8 Å². The summed E-state index contributed by atoms with van der Waals surface area (Å²) in [6.45, 7) is 5.02. The van der Waals surface area contributed by atoms with Gasteiger partial charge < -0.3 is 10.2 Å². The lowest BCUT2D eigenvalue weighted by Crippen LogP contribution is -1.82. The van der Waals surface area contributed by atoms with Crippen LogP contribution < -0.4 is 0 Å². The van der Waals surface area contributed by atoms with Gasteiger partial charge in [0.2, 0.25) is 0 Å². The molecule has 0 aliphatic carbocycles. The summed E-state index contributed by atoms with van der Waals surface area (Å²) < 4.78 is 0. The molecule has 0 atom stereocenters. The van der Waals surface area contributed by atoms with Crippen molar-refractivity contribution in [2.24, 2.45) is 0 Å². The van der Waals surface area contributed by atoms with Gasteiger partial charge >= 0.3 is 0 Å². The van der Waals surface area contributed by atoms with Crippen molar-refractivity contribution in [3.05, 3.63) is 24.2 Å². The van der Waals surface area contributed by atoms with E-state index >= 15 is 0 Å². The molecule has 0 aliphatic heterocycles. The van der Waals surface area contributed by atoms with Gasteiger partial charge in [0.05, 0.1) is 11.5 Å². The van der Waals surface area contributed by atoms with E-state index in [0.29, 0.717) is 18.6 Å². The first-order valence-electron chi connectivity index (χ1n) is 2.87. The Kier molecular flexibility index (Phi) is 3.60. The van der Waals surface area contributed by atoms with E-state index in [-0.39, 0.29) is 5.76 Å². The molecule has 0 amide bonds. The van der Waals surface area contributed by atoms with Gasteiger partial charge in [-0.25, -0.2) is 0 Å². The summed E-state index contributed by atoms with van der Waals surface area (Å²) in [6, 6.07) is 0. The average Bonchev–Trinajstić information content (AvgIpc) is 1.83. The molecule has 0 rings (SSSR count). The Morgan fingerprint density at radius 1 is 1.44 bits per heavy atom. The van der Waals surface area contributed by atoms with E-state index in [1.807, 2.05) is 0 Å². The Balaban J connectivity index is 3.39. The summed E-state index contributed by atoms with van der Waals surface area (Å²) in [5.74, 6) is 0.411. The second-order valence-corrected chi connectivity index (χ2v) is 1.85. The SMILES string of the molecule is C=C(O)CC/C(O)=C\C. The fraction of sp³-hybridized carbons (Fsp3) is 0.429. The third-order valence-electron chi connectivity index (χ3n) is 1.00. The van der Waals surface area contributed by atoms with E-state index in [0.717, 1.165) is 0 Å². The summed E-state index contributed by atoms with van der Waals surface area (Å²) >= 11 is 0. The van der Waals surface area contributed by atoms with Gasteiger partial charge in [-0.05, 0) is 13.0 Å². The van der Waals surface area contributed by atoms with Crippen LogP contribution in [0.3, 0.4) is 0 Å². The van der Waals surface area contributed by atoms with Crippen LogP contribution in [0.4, 0.5) is 0 Å². The van der Waals surface area contributed by atoms with Gasteiger partial charge in [-0.1, -0.05) is 6.58 Å². The van der Waals surface area contributed by atoms with E-state index in [4.69, 9.17) is 10.2 Å². The molecule has 0 bridgehead atoms. The highest BCUT2D eigenvalue weighted by molar-refractivity contribution is 4.92. The Morgan fingerprint density at radius 2 is 2.00 bits per heavy atom.